The van der Waals surface area contributed by atoms with Crippen LogP contribution in [0.5, 0.6) is 0 Å². The second kappa shape index (κ2) is 17.4. The lowest BCUT2D eigenvalue weighted by atomic mass is 10.1. The molecule has 2 atom stereocenters. The molecule has 1 saturated heterocycles. The number of carbonyl (C=O) groups excluding carboxylic acids is 1. The largest absolute Gasteiger partial charge is 0.391 e. The maximum atomic E-state index is 12.2. The van der Waals surface area contributed by atoms with Gasteiger partial charge in [-0.05, 0) is 38.2 Å². The molecule has 1 fully saturated rings. The van der Waals surface area contributed by atoms with Crippen LogP contribution in [-0.2, 0) is 14.3 Å². The number of carbonyl (C=O) groups is 1. The summed E-state index contributed by atoms with van der Waals surface area (Å²) in [5.74, 6) is 0.0776. The van der Waals surface area contributed by atoms with Gasteiger partial charge in [0.15, 0.2) is 12.5 Å². The predicted molar refractivity (Wildman–Crippen MR) is 134 cm³/mol. The summed E-state index contributed by atoms with van der Waals surface area (Å²) in [5, 5.41) is 11.7. The minimum absolute atomic E-state index is 0.149. The monoisotopic (exact) mass is 477 g/mol. The second-order valence-electron chi connectivity index (χ2n) is 8.92. The van der Waals surface area contributed by atoms with Crippen LogP contribution in [0.1, 0.15) is 103 Å². The molecule has 0 saturated carbocycles. The fourth-order valence-electron chi connectivity index (χ4n) is 3.95. The Bertz CT molecular complexity index is 780. The van der Waals surface area contributed by atoms with Crippen molar-refractivity contribution in [2.75, 3.05) is 18.5 Å². The van der Waals surface area contributed by atoms with Crippen molar-refractivity contribution in [3.05, 3.63) is 34.9 Å². The van der Waals surface area contributed by atoms with Gasteiger partial charge < -0.3 is 19.9 Å². The molecule has 0 aromatic carbocycles. The van der Waals surface area contributed by atoms with Crippen LogP contribution in [0.25, 0.3) is 0 Å². The highest BCUT2D eigenvalue weighted by molar-refractivity contribution is 5.89. The first kappa shape index (κ1) is 28.2. The van der Waals surface area contributed by atoms with Crippen molar-refractivity contribution >= 4 is 11.7 Å². The smallest absolute Gasteiger partial charge is 0.351 e. The molecule has 8 heteroatoms. The highest BCUT2D eigenvalue weighted by Crippen LogP contribution is 2.19. The number of aliphatic hydroxyl groups is 1. The van der Waals surface area contributed by atoms with E-state index in [0.717, 1.165) is 25.7 Å². The van der Waals surface area contributed by atoms with Crippen LogP contribution in [-0.4, -0.2) is 40.1 Å². The molecule has 1 aromatic rings. The Morgan fingerprint density at radius 1 is 1.09 bits per heavy atom. The number of hydrogen-bond acceptors (Lipinski definition) is 6. The Morgan fingerprint density at radius 3 is 2.35 bits per heavy atom. The quantitative estimate of drug-likeness (QED) is 0.226. The molecule has 1 aromatic heterocycles. The van der Waals surface area contributed by atoms with Crippen molar-refractivity contribution in [1.82, 2.24) is 9.55 Å². The van der Waals surface area contributed by atoms with Crippen LogP contribution < -0.4 is 11.0 Å². The number of amides is 1. The van der Waals surface area contributed by atoms with Crippen LogP contribution >= 0.6 is 0 Å². The van der Waals surface area contributed by atoms with Crippen molar-refractivity contribution in [3.8, 4) is 0 Å². The van der Waals surface area contributed by atoms with Crippen molar-refractivity contribution in [1.29, 1.82) is 0 Å². The maximum absolute atomic E-state index is 12.2. The van der Waals surface area contributed by atoms with Crippen LogP contribution in [0.15, 0.2) is 29.2 Å². The van der Waals surface area contributed by atoms with Gasteiger partial charge in [-0.25, -0.2) is 4.79 Å². The van der Waals surface area contributed by atoms with E-state index in [1.54, 1.807) is 6.07 Å². The fourth-order valence-corrected chi connectivity index (χ4v) is 3.95. The third-order valence-corrected chi connectivity index (χ3v) is 5.96. The SMILES string of the molecule is CCCCCCCCCCC/C=C\CCCCC(=O)Nc1ccn(C2COC(CO)O2)c(=O)n1. The van der Waals surface area contributed by atoms with Crippen LogP contribution in [0.4, 0.5) is 5.82 Å². The molecule has 0 aliphatic carbocycles. The first-order valence-corrected chi connectivity index (χ1v) is 13.1. The van der Waals surface area contributed by atoms with E-state index in [1.165, 1.54) is 68.6 Å². The first-order chi connectivity index (χ1) is 16.6. The van der Waals surface area contributed by atoms with Gasteiger partial charge in [0.1, 0.15) is 5.82 Å². The molecule has 2 rings (SSSR count). The zero-order valence-corrected chi connectivity index (χ0v) is 20.8. The summed E-state index contributed by atoms with van der Waals surface area (Å²) in [6.45, 7) is 2.14. The van der Waals surface area contributed by atoms with E-state index >= 15 is 0 Å². The minimum Gasteiger partial charge on any atom is -0.391 e. The molecule has 2 N–H and O–H groups in total. The van der Waals surface area contributed by atoms with E-state index in [4.69, 9.17) is 14.6 Å². The Kier molecular flexibility index (Phi) is 14.4. The summed E-state index contributed by atoms with van der Waals surface area (Å²) in [7, 11) is 0. The van der Waals surface area contributed by atoms with E-state index in [2.05, 4.69) is 29.4 Å². The van der Waals surface area contributed by atoms with Gasteiger partial charge >= 0.3 is 5.69 Å². The van der Waals surface area contributed by atoms with Gasteiger partial charge in [-0.2, -0.15) is 4.98 Å². The van der Waals surface area contributed by atoms with Gasteiger partial charge in [-0.3, -0.25) is 9.36 Å². The van der Waals surface area contributed by atoms with Crippen molar-refractivity contribution < 1.29 is 19.4 Å². The molecule has 2 heterocycles. The standard InChI is InChI=1S/C26H43N3O5/c1-2-3-4-5-6-7-8-9-10-11-12-13-14-15-16-17-23(31)27-22-18-19-29(26(32)28-22)24-21-33-25(20-30)34-24/h12-13,18-19,24-25,30H,2-11,14-17,20-21H2,1H3,(H,27,28,31,32)/b13-12-. The zero-order chi connectivity index (χ0) is 24.4. The van der Waals surface area contributed by atoms with Gasteiger partial charge in [0.05, 0.1) is 13.2 Å². The molecule has 192 valence electrons. The Hall–Kier alpha value is -2.03. The zero-order valence-electron chi connectivity index (χ0n) is 20.8. The van der Waals surface area contributed by atoms with E-state index in [0.29, 0.717) is 6.42 Å². The van der Waals surface area contributed by atoms with E-state index in [1.807, 2.05) is 0 Å². The average Bonchev–Trinajstić information content (AvgIpc) is 3.30. The number of aliphatic hydroxyl groups excluding tert-OH is 1. The summed E-state index contributed by atoms with van der Waals surface area (Å²) in [5.41, 5.74) is -0.540. The van der Waals surface area contributed by atoms with Crippen LogP contribution in [0.2, 0.25) is 0 Å². The number of ether oxygens (including phenoxy) is 2. The second-order valence-corrected chi connectivity index (χ2v) is 8.92. The summed E-state index contributed by atoms with van der Waals surface area (Å²) in [4.78, 5) is 28.2. The molecular weight excluding hydrogens is 434 g/mol. The van der Waals surface area contributed by atoms with Gasteiger partial charge in [0, 0.05) is 12.6 Å². The highest BCUT2D eigenvalue weighted by Gasteiger charge is 2.27. The molecule has 0 radical (unpaired) electrons. The minimum atomic E-state index is -0.735. The number of nitrogens with one attached hydrogen (secondary N) is 1. The molecular formula is C26H43N3O5. The van der Waals surface area contributed by atoms with Gasteiger partial charge in [-0.15, -0.1) is 0 Å². The normalized spacial score (nSPS) is 18.1. The number of rotatable bonds is 18. The molecule has 0 bridgehead atoms. The summed E-state index contributed by atoms with van der Waals surface area (Å²) in [6, 6.07) is 1.56. The fraction of sp³-hybridized carbons (Fsp3) is 0.731. The predicted octanol–water partition coefficient (Wildman–Crippen LogP) is 5.08. The molecule has 1 amide bonds. The Balaban J connectivity index is 1.49. The lowest BCUT2D eigenvalue weighted by molar-refractivity contribution is -0.116. The van der Waals surface area contributed by atoms with Crippen LogP contribution in [0, 0.1) is 0 Å². The summed E-state index contributed by atoms with van der Waals surface area (Å²) < 4.78 is 11.9. The third-order valence-electron chi connectivity index (χ3n) is 5.96. The molecule has 0 spiro atoms. The van der Waals surface area contributed by atoms with Gasteiger partial charge in [0.2, 0.25) is 5.91 Å². The van der Waals surface area contributed by atoms with Crippen molar-refractivity contribution in [2.45, 2.75) is 109 Å². The third kappa shape index (κ3) is 11.4. The maximum Gasteiger partial charge on any atom is 0.351 e. The topological polar surface area (TPSA) is 103 Å². The lowest BCUT2D eigenvalue weighted by Crippen LogP contribution is -2.29. The lowest BCUT2D eigenvalue weighted by Gasteiger charge is -2.12. The number of nitrogens with zero attached hydrogens (tertiary/aromatic N) is 2. The number of aromatic nitrogens is 2. The molecule has 2 unspecified atom stereocenters. The molecule has 1 aliphatic rings. The average molecular weight is 478 g/mol. The number of allylic oxidation sites excluding steroid dienone is 2. The highest BCUT2D eigenvalue weighted by atomic mass is 16.7. The summed E-state index contributed by atoms with van der Waals surface area (Å²) >= 11 is 0. The number of unbranched alkanes of at least 4 members (excludes halogenated alkanes) is 11. The summed E-state index contributed by atoms with van der Waals surface area (Å²) in [6.07, 6.45) is 21.1. The van der Waals surface area contributed by atoms with Gasteiger partial charge in [0.25, 0.3) is 0 Å². The Morgan fingerprint density at radius 2 is 1.74 bits per heavy atom. The van der Waals surface area contributed by atoms with Crippen LogP contribution in [0.3, 0.4) is 0 Å². The van der Waals surface area contributed by atoms with E-state index in [9.17, 15) is 9.59 Å². The number of anilines is 1. The van der Waals surface area contributed by atoms with Gasteiger partial charge in [-0.1, -0.05) is 70.4 Å². The molecule has 8 nitrogen and oxygen atoms in total. The number of hydrogen-bond donors (Lipinski definition) is 2. The molecule has 34 heavy (non-hydrogen) atoms. The molecule has 1 aliphatic heterocycles. The van der Waals surface area contributed by atoms with E-state index in [-0.39, 0.29) is 24.9 Å². The van der Waals surface area contributed by atoms with Crippen molar-refractivity contribution in [2.24, 2.45) is 0 Å². The first-order valence-electron chi connectivity index (χ1n) is 13.1. The van der Waals surface area contributed by atoms with E-state index < -0.39 is 18.2 Å². The van der Waals surface area contributed by atoms with Crippen molar-refractivity contribution in [3.63, 3.8) is 0 Å². The Labute approximate surface area is 203 Å².